The Kier molecular flexibility index (Phi) is 42.4. The maximum absolute atomic E-state index is 14.1. The van der Waals surface area contributed by atoms with Gasteiger partial charge in [0, 0.05) is 44.2 Å². The molecule has 3 N–H and O–H groups in total. The average Bonchev–Trinajstić information content (AvgIpc) is 0.808. The quantitative estimate of drug-likeness (QED) is 0.0125. The fourth-order valence-electron chi connectivity index (χ4n) is 11.4. The first-order valence-corrected chi connectivity index (χ1v) is 38.3. The summed E-state index contributed by atoms with van der Waals surface area (Å²) in [6, 6.07) is 65.0. The van der Waals surface area contributed by atoms with Gasteiger partial charge in [-0.05, 0) is 185 Å². The number of hydrogen-bond acceptors (Lipinski definition) is 16. The van der Waals surface area contributed by atoms with Gasteiger partial charge in [-0.1, -0.05) is 187 Å². The standard InChI is InChI=1S/C33H33FO6.C24H25ClO2.C17H17FO4.C9H12O2.C8H6FIO2.2Na/c1-3-11-24-28(15-9-16-29(24)40-30-17-8-14-26(34)32(30)33(36)37)38-18-10-19-39-31-21-27(35)25(20-22(31)4-2)23-12-6-5-7-13-23;1-2-20-16-22(21-12-7-4-8-13-21)24(17-23(20)26-15-9-14-25)27-18-19-10-5-3-6-11-19;1-3-6-11-13(19)8-5-9-14(11)22-15-10-4-7-12(18)16(15)17(20)21-2;1-2-4-7-8(10)5-3-6-9(7)11;1-12-8(11)7-5(9)3-2-4-6(7)10;;/h5-9,12-17,20-21,35H,3-4,10-11,18-19H2,1-2H3,(H,36,37);3-8,10-13,16-17H,2,9,14-15,18H2,1H3;4-5,7-10,19H,3,6H2,1-2H3;3,5-6,10-11H,2,4H2,1H3;2-4H,1H3;;/q;;;;;2*+1/p-2. The molecule has 0 atom stereocenters. The van der Waals surface area contributed by atoms with E-state index in [-0.39, 0.29) is 105 Å². The Morgan fingerprint density at radius 2 is 0.825 bits per heavy atom. The Balaban J connectivity index is 0.000000273. The van der Waals surface area contributed by atoms with Gasteiger partial charge in [0.25, 0.3) is 0 Å². The van der Waals surface area contributed by atoms with Crippen LogP contribution in [0.3, 0.4) is 0 Å². The molecule has 0 aromatic heterocycles. The van der Waals surface area contributed by atoms with Crippen molar-refractivity contribution >= 4 is 52.1 Å². The molecule has 0 aliphatic carbocycles. The minimum atomic E-state index is -1.65. The number of carboxylic acid groups (broad SMARTS) is 1. The summed E-state index contributed by atoms with van der Waals surface area (Å²) in [5, 5.41) is 52.7. The van der Waals surface area contributed by atoms with E-state index in [1.54, 1.807) is 66.7 Å². The van der Waals surface area contributed by atoms with Crippen molar-refractivity contribution in [1.29, 1.82) is 0 Å². The Labute approximate surface area is 727 Å². The van der Waals surface area contributed by atoms with Crippen molar-refractivity contribution in [1.82, 2.24) is 0 Å². The molecule has 0 radical (unpaired) electrons. The van der Waals surface area contributed by atoms with Gasteiger partial charge in [-0.15, -0.1) is 11.6 Å². The number of methoxy groups -OCH3 is 2. The van der Waals surface area contributed by atoms with E-state index in [0.29, 0.717) is 94.8 Å². The number of hydrogen-bond donors (Lipinski definition) is 3. The number of phenolic OH excluding ortho intramolecular Hbond substituents is 3. The molecule has 114 heavy (non-hydrogen) atoms. The van der Waals surface area contributed by atoms with E-state index in [1.807, 2.05) is 135 Å². The Bertz CT molecular complexity index is 4790. The minimum Gasteiger partial charge on any atom is -0.872 e. The van der Waals surface area contributed by atoms with E-state index in [4.69, 9.17) is 40.0 Å². The zero-order valence-electron chi connectivity index (χ0n) is 65.5. The van der Waals surface area contributed by atoms with Crippen LogP contribution in [0.5, 0.6) is 69.0 Å². The molecule has 0 saturated heterocycles. The van der Waals surface area contributed by atoms with Gasteiger partial charge in [0.1, 0.15) is 98.4 Å². The first kappa shape index (κ1) is 95.2. The number of carbonyl (C=O) groups is 3. The number of phenols is 3. The predicted octanol–water partition coefficient (Wildman–Crippen LogP) is 14.9. The summed E-state index contributed by atoms with van der Waals surface area (Å²) in [4.78, 5) is 34.2. The van der Waals surface area contributed by atoms with E-state index in [1.165, 1.54) is 50.1 Å². The van der Waals surface area contributed by atoms with Gasteiger partial charge in [-0.2, -0.15) is 0 Å². The van der Waals surface area contributed by atoms with Gasteiger partial charge < -0.3 is 68.2 Å². The molecule has 0 heterocycles. The summed E-state index contributed by atoms with van der Waals surface area (Å²) in [6.07, 6.45) is 7.46. The Morgan fingerprint density at radius 3 is 1.35 bits per heavy atom. The number of benzene rings is 11. The SMILES string of the molecule is CCCc1c(O)cccc1O.CCCc1c(O)cccc1Oc1cccc(F)c1C(=O)OC.CCCc1c(OCCCOc2cc([O-])c(-c3ccccc3)cc2CC)cccc1Oc1cccc(F)c1C(=O)[O-].CCc1cc(-c2ccccc2)c(OCc2ccccc2)cc1OCCCCl.COC(=O)c1c(F)cccc1I.[Na+].[Na+]. The number of aryl methyl sites for hydroxylation is 2. The van der Waals surface area contributed by atoms with Crippen LogP contribution < -0.4 is 97.7 Å². The number of carbonyl (C=O) groups excluding carboxylic acids is 3. The largest absolute Gasteiger partial charge is 1.00 e. The van der Waals surface area contributed by atoms with Gasteiger partial charge in [0.15, 0.2) is 0 Å². The number of carboxylic acids is 1. The van der Waals surface area contributed by atoms with E-state index in [0.717, 1.165) is 102 Å². The molecule has 588 valence electrons. The molecule has 0 aliphatic rings. The van der Waals surface area contributed by atoms with Crippen LogP contribution in [0.2, 0.25) is 0 Å². The van der Waals surface area contributed by atoms with Gasteiger partial charge in [-0.3, -0.25) is 0 Å². The number of rotatable bonds is 30. The van der Waals surface area contributed by atoms with Crippen molar-refractivity contribution in [3.05, 3.63) is 296 Å². The van der Waals surface area contributed by atoms with Crippen LogP contribution in [-0.4, -0.2) is 73.1 Å². The molecule has 0 amide bonds. The van der Waals surface area contributed by atoms with Crippen LogP contribution in [0, 0.1) is 21.0 Å². The fraction of sp³-hybridized carbons (Fsp3) is 0.242. The topological polar surface area (TPSA) is 232 Å². The monoisotopic (exact) mass is 1700 g/mol. The number of halogens is 5. The van der Waals surface area contributed by atoms with Crippen molar-refractivity contribution in [2.24, 2.45) is 0 Å². The second-order valence-electron chi connectivity index (χ2n) is 24.9. The third-order valence-corrected chi connectivity index (χ3v) is 18.2. The fourth-order valence-corrected chi connectivity index (χ4v) is 12.2. The summed E-state index contributed by atoms with van der Waals surface area (Å²) in [5.41, 5.74) is 8.16. The van der Waals surface area contributed by atoms with Crippen LogP contribution in [0.1, 0.15) is 131 Å². The number of alkyl halides is 1. The summed E-state index contributed by atoms with van der Waals surface area (Å²) < 4.78 is 86.3. The molecular weight excluding hydrogens is 1610 g/mol. The van der Waals surface area contributed by atoms with Crippen molar-refractivity contribution in [3.8, 4) is 91.2 Å². The first-order chi connectivity index (χ1) is 54.2. The Hall–Kier alpha value is -9.36. The predicted molar refractivity (Wildman–Crippen MR) is 435 cm³/mol. The molecule has 0 fully saturated rings. The van der Waals surface area contributed by atoms with Crippen LogP contribution in [0.25, 0.3) is 22.3 Å². The van der Waals surface area contributed by atoms with E-state index in [9.17, 15) is 53.1 Å². The maximum Gasteiger partial charge on any atom is 1.00 e. The first-order valence-electron chi connectivity index (χ1n) is 36.6. The molecule has 23 heteroatoms. The Morgan fingerprint density at radius 1 is 0.421 bits per heavy atom. The molecule has 11 aromatic carbocycles. The summed E-state index contributed by atoms with van der Waals surface area (Å²) >= 11 is 7.67. The van der Waals surface area contributed by atoms with E-state index in [2.05, 4.69) is 46.7 Å². The zero-order chi connectivity index (χ0) is 80.9. The van der Waals surface area contributed by atoms with Gasteiger partial charge in [0.2, 0.25) is 0 Å². The van der Waals surface area contributed by atoms with E-state index < -0.39 is 40.9 Å². The molecule has 0 spiro atoms. The third kappa shape index (κ3) is 28.3. The number of aromatic hydroxyl groups is 3. The molecule has 16 nitrogen and oxygen atoms in total. The molecule has 0 bridgehead atoms. The van der Waals surface area contributed by atoms with Gasteiger partial charge in [-0.25, -0.2) is 22.8 Å². The van der Waals surface area contributed by atoms with Crippen LogP contribution >= 0.6 is 34.2 Å². The molecule has 11 aromatic rings. The second kappa shape index (κ2) is 50.8. The van der Waals surface area contributed by atoms with Gasteiger partial charge in [0.05, 0.1) is 45.6 Å². The van der Waals surface area contributed by atoms with E-state index >= 15 is 0 Å². The zero-order valence-corrected chi connectivity index (χ0v) is 72.4. The average molecular weight is 1710 g/mol. The third-order valence-electron chi connectivity index (χ3n) is 17.0. The summed E-state index contributed by atoms with van der Waals surface area (Å²) in [5.74, 6) is -0.732. The molecule has 0 aliphatic heterocycles. The molecule has 0 unspecified atom stereocenters. The van der Waals surface area contributed by atoms with Crippen molar-refractivity contribution in [3.63, 3.8) is 0 Å². The normalized spacial score (nSPS) is 10.2. The van der Waals surface area contributed by atoms with Crippen LogP contribution in [-0.2, 0) is 48.2 Å². The molecule has 0 saturated carbocycles. The summed E-state index contributed by atoms with van der Waals surface area (Å²) in [6.45, 7) is 12.0. The number of ether oxygens (including phenoxy) is 8. The minimum absolute atomic E-state index is 0. The van der Waals surface area contributed by atoms with Crippen molar-refractivity contribution in [2.75, 3.05) is 39.9 Å². The summed E-state index contributed by atoms with van der Waals surface area (Å²) in [7, 11) is 2.40. The van der Waals surface area contributed by atoms with Crippen molar-refractivity contribution < 1.29 is 150 Å². The molecular formula is C91H91ClF3INa2O16. The second-order valence-corrected chi connectivity index (χ2v) is 26.4. The van der Waals surface area contributed by atoms with Crippen LogP contribution in [0.15, 0.2) is 224 Å². The molecule has 11 rings (SSSR count). The van der Waals surface area contributed by atoms with Crippen LogP contribution in [0.4, 0.5) is 13.2 Å². The van der Waals surface area contributed by atoms with Crippen molar-refractivity contribution in [2.45, 2.75) is 105 Å². The van der Waals surface area contributed by atoms with Gasteiger partial charge >= 0.3 is 71.1 Å². The number of esters is 2. The maximum atomic E-state index is 14.1. The number of aromatic carboxylic acids is 1. The smallest absolute Gasteiger partial charge is 0.872 e.